The van der Waals surface area contributed by atoms with E-state index in [2.05, 4.69) is 26.8 Å². The van der Waals surface area contributed by atoms with Crippen LogP contribution in [0, 0.1) is 22.7 Å². The highest BCUT2D eigenvalue weighted by molar-refractivity contribution is 5.25. The highest BCUT2D eigenvalue weighted by atomic mass is 14.6. The van der Waals surface area contributed by atoms with Gasteiger partial charge in [-0.25, -0.2) is 0 Å². The Balaban J connectivity index is 1.99. The van der Waals surface area contributed by atoms with E-state index in [0.717, 1.165) is 11.8 Å². The van der Waals surface area contributed by atoms with E-state index in [-0.39, 0.29) is 0 Å². The van der Waals surface area contributed by atoms with Crippen molar-refractivity contribution in [2.75, 3.05) is 0 Å². The predicted molar refractivity (Wildman–Crippen MR) is 73.9 cm³/mol. The van der Waals surface area contributed by atoms with Crippen LogP contribution in [0.25, 0.3) is 0 Å². The monoisotopic (exact) mass is 232 g/mol. The molecule has 0 unspecified atom stereocenters. The quantitative estimate of drug-likeness (QED) is 0.495. The van der Waals surface area contributed by atoms with Gasteiger partial charge in [-0.3, -0.25) is 0 Å². The van der Waals surface area contributed by atoms with Gasteiger partial charge in [0.2, 0.25) is 0 Å². The Kier molecular flexibility index (Phi) is 2.69. The molecule has 0 spiro atoms. The summed E-state index contributed by atoms with van der Waals surface area (Å²) in [6.45, 7) is 7.65. The van der Waals surface area contributed by atoms with Crippen molar-refractivity contribution in [3.05, 3.63) is 11.6 Å². The number of rotatable bonds is 0. The van der Waals surface area contributed by atoms with E-state index < -0.39 is 0 Å². The van der Waals surface area contributed by atoms with Crippen LogP contribution in [-0.2, 0) is 0 Å². The van der Waals surface area contributed by atoms with Crippen LogP contribution in [0.1, 0.15) is 72.1 Å². The molecule has 2 fully saturated rings. The largest absolute Gasteiger partial charge is 0.0845 e. The maximum absolute atomic E-state index is 2.64. The molecule has 3 atom stereocenters. The van der Waals surface area contributed by atoms with Crippen molar-refractivity contribution in [2.45, 2.75) is 72.1 Å². The molecule has 0 aromatic carbocycles. The van der Waals surface area contributed by atoms with Gasteiger partial charge >= 0.3 is 0 Å². The van der Waals surface area contributed by atoms with Crippen molar-refractivity contribution in [1.82, 2.24) is 0 Å². The van der Waals surface area contributed by atoms with Crippen molar-refractivity contribution in [3.63, 3.8) is 0 Å². The van der Waals surface area contributed by atoms with E-state index in [1.165, 1.54) is 51.4 Å². The van der Waals surface area contributed by atoms with Gasteiger partial charge in [-0.2, -0.15) is 0 Å². The van der Waals surface area contributed by atoms with Gasteiger partial charge in [0.15, 0.2) is 0 Å². The zero-order valence-corrected chi connectivity index (χ0v) is 11.9. The van der Waals surface area contributed by atoms with Crippen molar-refractivity contribution in [3.8, 4) is 0 Å². The van der Waals surface area contributed by atoms with Crippen LogP contribution in [-0.4, -0.2) is 0 Å². The molecule has 0 bridgehead atoms. The molecule has 0 radical (unpaired) electrons. The molecule has 0 N–H and O–H groups in total. The van der Waals surface area contributed by atoms with E-state index >= 15 is 0 Å². The van der Waals surface area contributed by atoms with Crippen molar-refractivity contribution < 1.29 is 0 Å². The highest BCUT2D eigenvalue weighted by Crippen LogP contribution is 2.62. The summed E-state index contributed by atoms with van der Waals surface area (Å²) in [7, 11) is 0. The van der Waals surface area contributed by atoms with E-state index in [1.807, 2.05) is 5.57 Å². The third-order valence-corrected chi connectivity index (χ3v) is 6.25. The fourth-order valence-electron chi connectivity index (χ4n) is 5.49. The Bertz CT molecular complexity index is 336. The van der Waals surface area contributed by atoms with Gasteiger partial charge in [0.1, 0.15) is 0 Å². The summed E-state index contributed by atoms with van der Waals surface area (Å²) in [5.74, 6) is 1.91. The third kappa shape index (κ3) is 1.71. The minimum atomic E-state index is 0.561. The normalized spacial score (nSPS) is 44.5. The maximum atomic E-state index is 2.64. The first-order valence-corrected chi connectivity index (χ1v) is 7.74. The Hall–Kier alpha value is -0.260. The second-order valence-corrected chi connectivity index (χ2v) is 7.68. The van der Waals surface area contributed by atoms with Gasteiger partial charge in [-0.1, -0.05) is 38.8 Å². The zero-order valence-electron chi connectivity index (χ0n) is 11.9. The second kappa shape index (κ2) is 3.87. The van der Waals surface area contributed by atoms with E-state index in [1.54, 1.807) is 0 Å². The lowest BCUT2D eigenvalue weighted by Gasteiger charge is -2.57. The van der Waals surface area contributed by atoms with Gasteiger partial charge in [0.25, 0.3) is 0 Å². The number of hydrogen-bond donors (Lipinski definition) is 0. The standard InChI is InChI=1S/C17H28/c1-16(2)11-6-12-17(3)14-8-5-4-7-13(14)9-10-15(16)17/h8,13,15H,4-7,9-12H2,1-3H3/t13-,15+,17-/m1/s1. The molecular formula is C17H28. The first kappa shape index (κ1) is 11.8. The Morgan fingerprint density at radius 1 is 1.00 bits per heavy atom. The van der Waals surface area contributed by atoms with Crippen molar-refractivity contribution >= 4 is 0 Å². The van der Waals surface area contributed by atoms with Crippen molar-refractivity contribution in [2.24, 2.45) is 22.7 Å². The molecule has 0 aromatic heterocycles. The average Bonchev–Trinajstić information content (AvgIpc) is 2.28. The molecule has 17 heavy (non-hydrogen) atoms. The Morgan fingerprint density at radius 3 is 2.65 bits per heavy atom. The van der Waals surface area contributed by atoms with E-state index in [9.17, 15) is 0 Å². The van der Waals surface area contributed by atoms with E-state index in [0.29, 0.717) is 10.8 Å². The summed E-state index contributed by atoms with van der Waals surface area (Å²) in [6.07, 6.45) is 14.3. The van der Waals surface area contributed by atoms with Gasteiger partial charge in [0, 0.05) is 0 Å². The third-order valence-electron chi connectivity index (χ3n) is 6.25. The number of fused-ring (bicyclic) bond motifs is 3. The Labute approximate surface area is 107 Å². The first-order chi connectivity index (χ1) is 8.04. The van der Waals surface area contributed by atoms with E-state index in [4.69, 9.17) is 0 Å². The molecule has 0 aliphatic heterocycles. The van der Waals surface area contributed by atoms with Crippen LogP contribution in [0.5, 0.6) is 0 Å². The smallest absolute Gasteiger partial charge is 0.00803 e. The van der Waals surface area contributed by atoms with Crippen LogP contribution >= 0.6 is 0 Å². The van der Waals surface area contributed by atoms with Gasteiger partial charge in [0.05, 0.1) is 0 Å². The lowest BCUT2D eigenvalue weighted by Crippen LogP contribution is -2.48. The lowest BCUT2D eigenvalue weighted by molar-refractivity contribution is -0.0110. The summed E-state index contributed by atoms with van der Waals surface area (Å²) < 4.78 is 0. The average molecular weight is 232 g/mol. The fraction of sp³-hybridized carbons (Fsp3) is 0.882. The van der Waals surface area contributed by atoms with Crippen molar-refractivity contribution in [1.29, 1.82) is 0 Å². The minimum absolute atomic E-state index is 0.561. The summed E-state index contributed by atoms with van der Waals surface area (Å²) in [4.78, 5) is 0. The second-order valence-electron chi connectivity index (χ2n) is 7.68. The molecule has 3 rings (SSSR count). The minimum Gasteiger partial charge on any atom is -0.0845 e. The molecule has 2 saturated carbocycles. The SMILES string of the molecule is CC1(C)CCC[C@]2(C)C3=CCCC[C@@H]3CC[C@@H]12. The summed E-state index contributed by atoms with van der Waals surface area (Å²) in [5.41, 5.74) is 3.02. The Morgan fingerprint density at radius 2 is 1.82 bits per heavy atom. The summed E-state index contributed by atoms with van der Waals surface area (Å²) in [5, 5.41) is 0. The molecule has 0 aromatic rings. The molecule has 3 aliphatic carbocycles. The van der Waals surface area contributed by atoms with Crippen LogP contribution in [0.4, 0.5) is 0 Å². The van der Waals surface area contributed by atoms with Crippen LogP contribution in [0.15, 0.2) is 11.6 Å². The topological polar surface area (TPSA) is 0 Å². The van der Waals surface area contributed by atoms with Gasteiger partial charge in [-0.05, 0) is 67.6 Å². The van der Waals surface area contributed by atoms with Crippen LogP contribution in [0.2, 0.25) is 0 Å². The molecule has 0 amide bonds. The zero-order chi connectivity index (χ0) is 12.1. The summed E-state index contributed by atoms with van der Waals surface area (Å²) >= 11 is 0. The number of allylic oxidation sites excluding steroid dienone is 2. The van der Waals surface area contributed by atoms with Crippen LogP contribution in [0.3, 0.4) is 0 Å². The first-order valence-electron chi connectivity index (χ1n) is 7.74. The fourth-order valence-corrected chi connectivity index (χ4v) is 5.49. The molecule has 0 heterocycles. The van der Waals surface area contributed by atoms with Gasteiger partial charge in [-0.15, -0.1) is 0 Å². The molecular weight excluding hydrogens is 204 g/mol. The summed E-state index contributed by atoms with van der Waals surface area (Å²) in [6, 6.07) is 0. The maximum Gasteiger partial charge on any atom is -0.00803 e. The molecule has 3 aliphatic rings. The molecule has 96 valence electrons. The van der Waals surface area contributed by atoms with Gasteiger partial charge < -0.3 is 0 Å². The number of hydrogen-bond acceptors (Lipinski definition) is 0. The van der Waals surface area contributed by atoms with Crippen LogP contribution < -0.4 is 0 Å². The molecule has 0 saturated heterocycles. The predicted octanol–water partition coefficient (Wildman–Crippen LogP) is 5.34. The highest BCUT2D eigenvalue weighted by Gasteiger charge is 2.51. The molecule has 0 heteroatoms. The molecule has 0 nitrogen and oxygen atoms in total. The lowest BCUT2D eigenvalue weighted by atomic mass is 9.47.